The lowest BCUT2D eigenvalue weighted by atomic mass is 9.98. The lowest BCUT2D eigenvalue weighted by Crippen LogP contribution is -2.40. The van der Waals surface area contributed by atoms with E-state index in [9.17, 15) is 27.2 Å². The van der Waals surface area contributed by atoms with Gasteiger partial charge in [-0.05, 0) is 91.3 Å². The van der Waals surface area contributed by atoms with Crippen LogP contribution in [0.5, 0.6) is 0 Å². The van der Waals surface area contributed by atoms with E-state index in [1.165, 1.54) is 16.4 Å². The van der Waals surface area contributed by atoms with Gasteiger partial charge in [0.1, 0.15) is 12.4 Å². The molecule has 0 unspecified atom stereocenters. The van der Waals surface area contributed by atoms with Crippen molar-refractivity contribution in [3.63, 3.8) is 0 Å². The number of carbonyl (C=O) groups is 1. The van der Waals surface area contributed by atoms with Crippen LogP contribution in [0.2, 0.25) is 0 Å². The second kappa shape index (κ2) is 15.5. The summed E-state index contributed by atoms with van der Waals surface area (Å²) in [5, 5.41) is -0.353. The molecule has 1 amide bonds. The molecule has 5 rings (SSSR count). The summed E-state index contributed by atoms with van der Waals surface area (Å²) in [7, 11) is 0. The predicted octanol–water partition coefficient (Wildman–Crippen LogP) is 7.53. The van der Waals surface area contributed by atoms with Crippen molar-refractivity contribution in [3.05, 3.63) is 116 Å². The Morgan fingerprint density at radius 2 is 1.69 bits per heavy atom. The summed E-state index contributed by atoms with van der Waals surface area (Å²) in [4.78, 5) is 35.1. The zero-order chi connectivity index (χ0) is 45.8. The Morgan fingerprint density at radius 3 is 2.35 bits per heavy atom. The molecule has 48 heavy (non-hydrogen) atoms. The minimum Gasteiger partial charge on any atom is -0.336 e. The molecule has 1 aliphatic carbocycles. The van der Waals surface area contributed by atoms with Gasteiger partial charge in [-0.25, -0.2) is 4.39 Å². The van der Waals surface area contributed by atoms with Crippen molar-refractivity contribution in [2.24, 2.45) is 0 Å². The van der Waals surface area contributed by atoms with Crippen molar-refractivity contribution < 1.29 is 40.2 Å². The van der Waals surface area contributed by atoms with Crippen molar-refractivity contribution in [1.82, 2.24) is 19.4 Å². The Morgan fingerprint density at radius 1 is 1.00 bits per heavy atom. The number of amides is 1. The Balaban J connectivity index is 1.62. The number of alkyl halides is 3. The Hall–Kier alpha value is -3.96. The maximum atomic E-state index is 14.6. The van der Waals surface area contributed by atoms with Crippen molar-refractivity contribution in [2.45, 2.75) is 70.2 Å². The fourth-order valence-electron chi connectivity index (χ4n) is 5.18. The Bertz CT molecular complexity index is 2410. The van der Waals surface area contributed by atoms with Crippen molar-refractivity contribution in [1.29, 1.82) is 0 Å². The van der Waals surface area contributed by atoms with Crippen LogP contribution < -0.4 is 5.56 Å². The quantitative estimate of drug-likeness (QED) is 0.0824. The molecule has 0 saturated heterocycles. The fourth-order valence-corrected chi connectivity index (χ4v) is 5.89. The smallest absolute Gasteiger partial charge is 0.336 e. The first-order chi connectivity index (χ1) is 28.3. The van der Waals surface area contributed by atoms with E-state index in [0.29, 0.717) is 31.6 Å². The molecule has 4 aromatic rings. The Kier molecular flexibility index (Phi) is 7.07. The number of fused-ring (bicyclic) bond motifs is 1. The van der Waals surface area contributed by atoms with Crippen LogP contribution in [0, 0.1) is 12.7 Å². The maximum absolute atomic E-state index is 14.6. The summed E-state index contributed by atoms with van der Waals surface area (Å²) in [5.74, 6) is -2.15. The second-order valence-corrected chi connectivity index (χ2v) is 11.7. The minimum atomic E-state index is -5.25. The van der Waals surface area contributed by atoms with Crippen LogP contribution in [0.25, 0.3) is 11.1 Å². The molecule has 3 aromatic carbocycles. The highest BCUT2D eigenvalue weighted by Crippen LogP contribution is 2.32. The average molecular weight is 694 g/mol. The molecule has 0 N–H and O–H groups in total. The summed E-state index contributed by atoms with van der Waals surface area (Å²) >= 11 is 0.233. The molecular formula is C37H40F4N4O2S. The third-order valence-corrected chi connectivity index (χ3v) is 8.68. The lowest BCUT2D eigenvalue weighted by molar-refractivity contribution is -0.137. The molecule has 0 saturated carbocycles. The minimum absolute atomic E-state index is 0.00345. The van der Waals surface area contributed by atoms with Gasteiger partial charge >= 0.3 is 6.18 Å². The third-order valence-electron chi connectivity index (χ3n) is 7.88. The van der Waals surface area contributed by atoms with E-state index in [4.69, 9.17) is 17.8 Å². The number of hydrogen-bond donors (Lipinski definition) is 0. The molecule has 0 spiro atoms. The highest BCUT2D eigenvalue weighted by atomic mass is 32.2. The molecule has 1 aromatic heterocycles. The third kappa shape index (κ3) is 8.54. The van der Waals surface area contributed by atoms with E-state index in [1.807, 2.05) is 18.7 Å². The first-order valence-electron chi connectivity index (χ1n) is 21.7. The number of benzene rings is 3. The predicted molar refractivity (Wildman–Crippen MR) is 181 cm³/mol. The van der Waals surface area contributed by atoms with E-state index in [-0.39, 0.29) is 53.1 Å². The number of hydrogen-bond acceptors (Lipinski definition) is 5. The molecule has 11 heteroatoms. The van der Waals surface area contributed by atoms with Gasteiger partial charge in [-0.1, -0.05) is 67.9 Å². The second-order valence-electron chi connectivity index (χ2n) is 10.9. The van der Waals surface area contributed by atoms with Crippen LogP contribution in [0.3, 0.4) is 0 Å². The van der Waals surface area contributed by atoms with Gasteiger partial charge in [0, 0.05) is 39.3 Å². The first-order valence-corrected chi connectivity index (χ1v) is 16.0. The van der Waals surface area contributed by atoms with Crippen molar-refractivity contribution in [3.8, 4) is 11.1 Å². The topological polar surface area (TPSA) is 58.4 Å². The van der Waals surface area contributed by atoms with Gasteiger partial charge in [0.2, 0.25) is 5.91 Å². The summed E-state index contributed by atoms with van der Waals surface area (Å²) in [6.07, 6.45) is -4.19. The Labute approximate surface area is 301 Å². The number of halogens is 4. The van der Waals surface area contributed by atoms with E-state index in [0.717, 1.165) is 0 Å². The molecule has 0 radical (unpaired) electrons. The highest BCUT2D eigenvalue weighted by molar-refractivity contribution is 7.98. The normalized spacial score (nSPS) is 17.0. The van der Waals surface area contributed by atoms with Gasteiger partial charge in [-0.15, -0.1) is 0 Å². The van der Waals surface area contributed by atoms with Crippen molar-refractivity contribution >= 4 is 17.7 Å². The molecule has 1 heterocycles. The van der Waals surface area contributed by atoms with Crippen molar-refractivity contribution in [2.75, 3.05) is 26.2 Å². The van der Waals surface area contributed by atoms with Gasteiger partial charge in [0.05, 0.1) is 20.6 Å². The number of rotatable bonds is 13. The molecule has 0 atom stereocenters. The van der Waals surface area contributed by atoms with Gasteiger partial charge in [-0.2, -0.15) is 18.2 Å². The van der Waals surface area contributed by atoms with Crippen LogP contribution in [0.1, 0.15) is 71.6 Å². The molecule has 254 valence electrons. The zero-order valence-electron chi connectivity index (χ0n) is 39.4. The fraction of sp³-hybridized carbons (Fsp3) is 0.378. The van der Waals surface area contributed by atoms with Gasteiger partial charge in [0.15, 0.2) is 5.16 Å². The highest BCUT2D eigenvalue weighted by Gasteiger charge is 2.30. The van der Waals surface area contributed by atoms with Crippen LogP contribution >= 0.6 is 11.8 Å². The van der Waals surface area contributed by atoms with Crippen LogP contribution in [-0.2, 0) is 42.6 Å². The molecule has 0 aliphatic heterocycles. The number of thioether (sulfide) groups is 1. The number of carbonyl (C=O) groups excluding carboxylic acids is 1. The number of aromatic nitrogens is 2. The maximum Gasteiger partial charge on any atom is 0.416 e. The van der Waals surface area contributed by atoms with Crippen LogP contribution in [0.4, 0.5) is 17.6 Å². The first kappa shape index (κ1) is 21.9. The summed E-state index contributed by atoms with van der Waals surface area (Å²) < 4.78 is 166. The number of nitrogens with zero attached hydrogens (tertiary/aromatic N) is 4. The average Bonchev–Trinajstić information content (AvgIpc) is 3.69. The summed E-state index contributed by atoms with van der Waals surface area (Å²) in [6.45, 7) is 5.56. The van der Waals surface area contributed by atoms with Gasteiger partial charge in [0.25, 0.3) is 5.56 Å². The summed E-state index contributed by atoms with van der Waals surface area (Å²) in [6, 6.07) is -11.3. The zero-order valence-corrected chi connectivity index (χ0v) is 27.2. The van der Waals surface area contributed by atoms with E-state index >= 15 is 0 Å². The van der Waals surface area contributed by atoms with Crippen LogP contribution in [0.15, 0.2) is 76.4 Å². The standard InChI is InChI=1S/C37H40F4N4O2S/c1-4-43(5-2)19-20-44(22-29-12-11-28(21-25(29)3)27-13-15-30(16-14-27)37(39,40)41)34(46)23-45-33-8-6-7-32(33)35(47)42-36(45)48-24-26-9-17-31(38)18-10-26/h9-18,21H,4-8,19-20,22-24H2,1-3H3/i9D,10D,11D,12D,13D,14D,15D,16D,17D,18D,21D,24D2. The van der Waals surface area contributed by atoms with E-state index < -0.39 is 131 Å². The molecule has 1 aliphatic rings. The summed E-state index contributed by atoms with van der Waals surface area (Å²) in [5.41, 5.74) is -7.02. The monoisotopic (exact) mass is 693 g/mol. The van der Waals surface area contributed by atoms with Gasteiger partial charge < -0.3 is 14.4 Å². The van der Waals surface area contributed by atoms with E-state index in [2.05, 4.69) is 4.98 Å². The lowest BCUT2D eigenvalue weighted by Gasteiger charge is -2.28. The molecule has 6 nitrogen and oxygen atoms in total. The van der Waals surface area contributed by atoms with E-state index in [1.54, 1.807) is 0 Å². The largest absolute Gasteiger partial charge is 0.416 e. The van der Waals surface area contributed by atoms with Crippen LogP contribution in [-0.4, -0.2) is 51.4 Å². The SMILES string of the molecule is [2H]c1c([2H])c(C([2H])([2H])Sc2nc(=O)c3c(n2CC(=O)N(CCN(CC)CC)Cc2c([2H])c([2H])c(-c4c([2H])c([2H])c(C(F)(F)F)c([2H])c4[2H])c([2H])c2C)CCC3)c([2H])c([2H])c1F. The molecular weight excluding hydrogens is 640 g/mol. The van der Waals surface area contributed by atoms with Gasteiger partial charge in [-0.3, -0.25) is 9.59 Å². The number of likely N-dealkylation sites (N-methyl/N-ethyl adjacent to an activating group) is 1. The molecule has 0 fully saturated rings. The molecule has 0 bridgehead atoms.